The third-order valence-electron chi connectivity index (χ3n) is 2.51. The van der Waals surface area contributed by atoms with Crippen molar-refractivity contribution in [3.8, 4) is 5.75 Å². The lowest BCUT2D eigenvalue weighted by Crippen LogP contribution is -2.17. The number of benzene rings is 1. The van der Waals surface area contributed by atoms with Gasteiger partial charge in [0.25, 0.3) is 0 Å². The molecule has 1 aromatic rings. The molecular weight excluding hydrogens is 266 g/mol. The monoisotopic (exact) mass is 285 g/mol. The molecule has 0 saturated carbocycles. The smallest absolute Gasteiger partial charge is 0.123 e. The summed E-state index contributed by atoms with van der Waals surface area (Å²) in [5, 5.41) is 0. The van der Waals surface area contributed by atoms with Gasteiger partial charge >= 0.3 is 0 Å². The van der Waals surface area contributed by atoms with Crippen molar-refractivity contribution in [1.29, 1.82) is 0 Å². The van der Waals surface area contributed by atoms with Crippen molar-refractivity contribution in [1.82, 2.24) is 0 Å². The Balaban J connectivity index is 3.16. The molecule has 0 aromatic heterocycles. The first-order chi connectivity index (χ1) is 7.45. The van der Waals surface area contributed by atoms with Crippen molar-refractivity contribution < 1.29 is 4.74 Å². The minimum Gasteiger partial charge on any atom is -0.496 e. The molecule has 1 rings (SSSR count). The average molecular weight is 286 g/mol. The molecule has 2 nitrogen and oxygen atoms in total. The summed E-state index contributed by atoms with van der Waals surface area (Å²) in [6.45, 7) is 6.33. The summed E-state index contributed by atoms with van der Waals surface area (Å²) in [6.07, 6.45) is 0.868. The van der Waals surface area contributed by atoms with Crippen LogP contribution in [0.15, 0.2) is 16.6 Å². The summed E-state index contributed by atoms with van der Waals surface area (Å²) < 4.78 is 6.55. The molecule has 0 aliphatic rings. The molecule has 0 saturated heterocycles. The molecule has 0 bridgehead atoms. The van der Waals surface area contributed by atoms with Crippen molar-refractivity contribution in [2.24, 2.45) is 5.73 Å². The fourth-order valence-electron chi connectivity index (χ4n) is 1.86. The minimum atomic E-state index is 0.168. The number of nitrogens with two attached hydrogens (primary N) is 1. The fourth-order valence-corrected chi connectivity index (χ4v) is 2.81. The van der Waals surface area contributed by atoms with Crippen LogP contribution in [0.4, 0.5) is 0 Å². The normalized spacial score (nSPS) is 12.9. The molecule has 2 N–H and O–H groups in total. The molecule has 3 heteroatoms. The van der Waals surface area contributed by atoms with Gasteiger partial charge in [0.1, 0.15) is 5.75 Å². The van der Waals surface area contributed by atoms with Gasteiger partial charge in [0.2, 0.25) is 0 Å². The third kappa shape index (κ3) is 3.22. The Kier molecular flexibility index (Phi) is 4.81. The molecule has 0 radical (unpaired) electrons. The maximum atomic E-state index is 5.81. The summed E-state index contributed by atoms with van der Waals surface area (Å²) in [6, 6.07) is 4.39. The van der Waals surface area contributed by atoms with Gasteiger partial charge in [-0.1, -0.05) is 29.8 Å². The van der Waals surface area contributed by atoms with Gasteiger partial charge in [-0.15, -0.1) is 0 Å². The van der Waals surface area contributed by atoms with Crippen LogP contribution in [0.2, 0.25) is 0 Å². The molecule has 0 fully saturated rings. The number of hydrogen-bond acceptors (Lipinski definition) is 2. The highest BCUT2D eigenvalue weighted by Crippen LogP contribution is 2.34. The Morgan fingerprint density at radius 1 is 1.31 bits per heavy atom. The van der Waals surface area contributed by atoms with Crippen molar-refractivity contribution in [3.63, 3.8) is 0 Å². The van der Waals surface area contributed by atoms with E-state index in [2.05, 4.69) is 41.9 Å². The Morgan fingerprint density at radius 2 is 1.94 bits per heavy atom. The minimum absolute atomic E-state index is 0.168. The highest BCUT2D eigenvalue weighted by molar-refractivity contribution is 9.10. The van der Waals surface area contributed by atoms with Crippen LogP contribution in [0.3, 0.4) is 0 Å². The lowest BCUT2D eigenvalue weighted by atomic mass is 9.98. The second kappa shape index (κ2) is 5.69. The Morgan fingerprint density at radius 3 is 2.38 bits per heavy atom. The van der Waals surface area contributed by atoms with Gasteiger partial charge < -0.3 is 10.5 Å². The van der Waals surface area contributed by atoms with Crippen molar-refractivity contribution >= 4 is 15.9 Å². The van der Waals surface area contributed by atoms with Gasteiger partial charge in [0, 0.05) is 16.1 Å². The molecule has 0 amide bonds. The van der Waals surface area contributed by atoms with Gasteiger partial charge in [-0.2, -0.15) is 0 Å². The van der Waals surface area contributed by atoms with E-state index in [4.69, 9.17) is 10.5 Å². The summed E-state index contributed by atoms with van der Waals surface area (Å²) in [5.74, 6) is 1.38. The van der Waals surface area contributed by atoms with E-state index in [9.17, 15) is 0 Å². The number of hydrogen-bond donors (Lipinski definition) is 1. The van der Waals surface area contributed by atoms with E-state index in [1.54, 1.807) is 7.11 Å². The standard InChI is InChI=1S/C13H20BrNO/c1-8(2)13-11(14)6-10(5-9(3)15)7-12(13)16-4/h6-9H,5,15H2,1-4H3. The molecule has 0 spiro atoms. The zero-order chi connectivity index (χ0) is 12.3. The lowest BCUT2D eigenvalue weighted by molar-refractivity contribution is 0.406. The SMILES string of the molecule is COc1cc(CC(C)N)cc(Br)c1C(C)C. The third-order valence-corrected chi connectivity index (χ3v) is 3.16. The lowest BCUT2D eigenvalue weighted by Gasteiger charge is -2.16. The highest BCUT2D eigenvalue weighted by atomic mass is 79.9. The second-order valence-corrected chi connectivity index (χ2v) is 5.38. The summed E-state index contributed by atoms with van der Waals surface area (Å²) in [5.41, 5.74) is 8.24. The Hall–Kier alpha value is -0.540. The topological polar surface area (TPSA) is 35.2 Å². The van der Waals surface area contributed by atoms with Crippen LogP contribution in [0, 0.1) is 0 Å². The van der Waals surface area contributed by atoms with Gasteiger partial charge in [-0.3, -0.25) is 0 Å². The number of rotatable bonds is 4. The molecule has 1 aromatic carbocycles. The molecular formula is C13H20BrNO. The summed E-state index contributed by atoms with van der Waals surface area (Å²) in [7, 11) is 1.71. The van der Waals surface area contributed by atoms with Crippen LogP contribution in [-0.4, -0.2) is 13.2 Å². The van der Waals surface area contributed by atoms with E-state index in [0.29, 0.717) is 5.92 Å². The largest absolute Gasteiger partial charge is 0.496 e. The Labute approximate surface area is 106 Å². The average Bonchev–Trinajstić information content (AvgIpc) is 2.14. The molecule has 16 heavy (non-hydrogen) atoms. The number of halogens is 1. The van der Waals surface area contributed by atoms with Gasteiger partial charge in [-0.25, -0.2) is 0 Å². The van der Waals surface area contributed by atoms with E-state index in [0.717, 1.165) is 16.6 Å². The van der Waals surface area contributed by atoms with Crippen molar-refractivity contribution in [2.75, 3.05) is 7.11 Å². The fraction of sp³-hybridized carbons (Fsp3) is 0.538. The number of methoxy groups -OCH3 is 1. The van der Waals surface area contributed by atoms with Crippen LogP contribution < -0.4 is 10.5 Å². The number of ether oxygens (including phenoxy) is 1. The first kappa shape index (κ1) is 13.5. The zero-order valence-corrected chi connectivity index (χ0v) is 12.0. The predicted molar refractivity (Wildman–Crippen MR) is 72.1 cm³/mol. The van der Waals surface area contributed by atoms with Gasteiger partial charge in [0.05, 0.1) is 7.11 Å². The Bertz CT molecular complexity index is 361. The van der Waals surface area contributed by atoms with Crippen molar-refractivity contribution in [3.05, 3.63) is 27.7 Å². The van der Waals surface area contributed by atoms with E-state index in [-0.39, 0.29) is 6.04 Å². The van der Waals surface area contributed by atoms with Crippen molar-refractivity contribution in [2.45, 2.75) is 39.2 Å². The molecule has 1 unspecified atom stereocenters. The van der Waals surface area contributed by atoms with Crippen LogP contribution >= 0.6 is 15.9 Å². The van der Waals surface area contributed by atoms with Gasteiger partial charge in [0.15, 0.2) is 0 Å². The second-order valence-electron chi connectivity index (χ2n) is 4.53. The predicted octanol–water partition coefficient (Wildman–Crippen LogP) is 3.47. The maximum absolute atomic E-state index is 5.81. The summed E-state index contributed by atoms with van der Waals surface area (Å²) >= 11 is 3.61. The van der Waals surface area contributed by atoms with Crippen LogP contribution in [0.5, 0.6) is 5.75 Å². The van der Waals surface area contributed by atoms with Gasteiger partial charge in [-0.05, 0) is 37.0 Å². The van der Waals surface area contributed by atoms with Crippen LogP contribution in [0.25, 0.3) is 0 Å². The maximum Gasteiger partial charge on any atom is 0.123 e. The summed E-state index contributed by atoms with van der Waals surface area (Å²) in [4.78, 5) is 0. The van der Waals surface area contributed by atoms with E-state index >= 15 is 0 Å². The molecule has 0 aliphatic heterocycles. The first-order valence-electron chi connectivity index (χ1n) is 5.57. The van der Waals surface area contributed by atoms with Crippen LogP contribution in [0.1, 0.15) is 37.8 Å². The molecule has 90 valence electrons. The zero-order valence-electron chi connectivity index (χ0n) is 10.4. The quantitative estimate of drug-likeness (QED) is 0.919. The molecule has 0 aliphatic carbocycles. The molecule has 0 heterocycles. The van der Waals surface area contributed by atoms with E-state index in [1.165, 1.54) is 11.1 Å². The van der Waals surface area contributed by atoms with E-state index < -0.39 is 0 Å². The first-order valence-corrected chi connectivity index (χ1v) is 6.36. The van der Waals surface area contributed by atoms with E-state index in [1.807, 2.05) is 6.92 Å². The van der Waals surface area contributed by atoms with Crippen LogP contribution in [-0.2, 0) is 6.42 Å². The molecule has 1 atom stereocenters. The highest BCUT2D eigenvalue weighted by Gasteiger charge is 2.13.